The zero-order valence-corrected chi connectivity index (χ0v) is 19.4. The second kappa shape index (κ2) is 10.6. The Labute approximate surface area is 201 Å². The lowest BCUT2D eigenvalue weighted by atomic mass is 10.2. The number of aliphatic hydroxyl groups excluding tert-OH is 1. The van der Waals surface area contributed by atoms with E-state index in [4.69, 9.17) is 21.7 Å². The fourth-order valence-electron chi connectivity index (χ4n) is 3.61. The number of anilines is 1. The van der Waals surface area contributed by atoms with E-state index in [1.54, 1.807) is 6.92 Å². The Morgan fingerprint density at radius 2 is 1.94 bits per heavy atom. The van der Waals surface area contributed by atoms with E-state index in [0.29, 0.717) is 17.3 Å². The first-order valence-electron chi connectivity index (χ1n) is 10.9. The van der Waals surface area contributed by atoms with Gasteiger partial charge in [-0.15, -0.1) is 0 Å². The summed E-state index contributed by atoms with van der Waals surface area (Å²) in [6.45, 7) is 2.34. The summed E-state index contributed by atoms with van der Waals surface area (Å²) in [5.74, 6) is 0.745. The maximum absolute atomic E-state index is 12.1. The highest BCUT2D eigenvalue weighted by molar-refractivity contribution is 7.80. The smallest absolute Gasteiger partial charge is 0.330 e. The number of nitrogens with zero attached hydrogens (tertiary/aromatic N) is 1. The summed E-state index contributed by atoms with van der Waals surface area (Å²) in [5, 5.41) is 16.9. The minimum absolute atomic E-state index is 0.225. The number of aliphatic hydroxyl groups is 1. The first kappa shape index (κ1) is 23.7. The average Bonchev–Trinajstić information content (AvgIpc) is 3.20. The molecule has 0 saturated carbocycles. The molecule has 1 aliphatic rings. The Balaban J connectivity index is 1.25. The summed E-state index contributed by atoms with van der Waals surface area (Å²) in [7, 11) is 0. The minimum atomic E-state index is -0.791. The van der Waals surface area contributed by atoms with E-state index in [1.165, 1.54) is 10.8 Å². The SMILES string of the molecule is Cc1cn([C@@H]2C[C@H](O)[C@@H](CNC(=S)Nc3ccc(OCc4ccccc4)cc3)O2)c(=O)[nH]c1=O. The summed E-state index contributed by atoms with van der Waals surface area (Å²) in [4.78, 5) is 25.9. The second-order valence-electron chi connectivity index (χ2n) is 8.04. The maximum atomic E-state index is 12.1. The second-order valence-corrected chi connectivity index (χ2v) is 8.45. The van der Waals surface area contributed by atoms with E-state index >= 15 is 0 Å². The molecule has 3 atom stereocenters. The molecule has 4 rings (SSSR count). The van der Waals surface area contributed by atoms with Crippen LogP contribution in [0.1, 0.15) is 23.8 Å². The van der Waals surface area contributed by atoms with Gasteiger partial charge in [0.25, 0.3) is 5.56 Å². The molecule has 1 saturated heterocycles. The van der Waals surface area contributed by atoms with Gasteiger partial charge in [0.2, 0.25) is 0 Å². The number of aromatic amines is 1. The van der Waals surface area contributed by atoms with Gasteiger partial charge in [0.05, 0.1) is 6.10 Å². The quantitative estimate of drug-likeness (QED) is 0.378. The molecule has 3 aromatic rings. The van der Waals surface area contributed by atoms with Crippen molar-refractivity contribution >= 4 is 23.0 Å². The molecule has 0 radical (unpaired) electrons. The molecule has 2 aromatic carbocycles. The van der Waals surface area contributed by atoms with E-state index in [9.17, 15) is 14.7 Å². The summed E-state index contributed by atoms with van der Waals surface area (Å²) >= 11 is 5.35. The molecule has 0 spiro atoms. The molecule has 10 heteroatoms. The van der Waals surface area contributed by atoms with Crippen LogP contribution in [0, 0.1) is 6.92 Å². The maximum Gasteiger partial charge on any atom is 0.330 e. The molecular formula is C24H26N4O5S. The van der Waals surface area contributed by atoms with E-state index in [0.717, 1.165) is 17.0 Å². The van der Waals surface area contributed by atoms with Crippen molar-refractivity contribution in [3.63, 3.8) is 0 Å². The molecule has 1 aliphatic heterocycles. The highest BCUT2D eigenvalue weighted by Crippen LogP contribution is 2.27. The molecule has 9 nitrogen and oxygen atoms in total. The zero-order valence-electron chi connectivity index (χ0n) is 18.6. The van der Waals surface area contributed by atoms with Crippen molar-refractivity contribution in [2.45, 2.75) is 38.4 Å². The third-order valence-corrected chi connectivity index (χ3v) is 5.73. The van der Waals surface area contributed by atoms with Gasteiger partial charge < -0.3 is 25.2 Å². The Hall–Kier alpha value is -3.47. The van der Waals surface area contributed by atoms with Gasteiger partial charge in [0.1, 0.15) is 24.7 Å². The van der Waals surface area contributed by atoms with Crippen molar-refractivity contribution in [2.75, 3.05) is 11.9 Å². The molecule has 1 fully saturated rings. The molecule has 34 heavy (non-hydrogen) atoms. The number of hydrogen-bond acceptors (Lipinski definition) is 6. The van der Waals surface area contributed by atoms with Gasteiger partial charge in [-0.1, -0.05) is 30.3 Å². The van der Waals surface area contributed by atoms with Crippen LogP contribution in [0.25, 0.3) is 0 Å². The Bertz CT molecular complexity index is 1240. The lowest BCUT2D eigenvalue weighted by molar-refractivity contribution is -0.0172. The fourth-order valence-corrected chi connectivity index (χ4v) is 3.81. The number of nitrogens with one attached hydrogen (secondary N) is 3. The van der Waals surface area contributed by atoms with E-state index in [-0.39, 0.29) is 13.0 Å². The number of ether oxygens (including phenoxy) is 2. The van der Waals surface area contributed by atoms with Crippen molar-refractivity contribution in [3.05, 3.63) is 92.8 Å². The van der Waals surface area contributed by atoms with Crippen LogP contribution < -0.4 is 26.6 Å². The Morgan fingerprint density at radius 3 is 2.68 bits per heavy atom. The zero-order chi connectivity index (χ0) is 24.1. The van der Waals surface area contributed by atoms with Crippen LogP contribution in [0.4, 0.5) is 5.69 Å². The van der Waals surface area contributed by atoms with Gasteiger partial charge in [-0.2, -0.15) is 0 Å². The van der Waals surface area contributed by atoms with E-state index in [1.807, 2.05) is 54.6 Å². The van der Waals surface area contributed by atoms with Gasteiger partial charge in [-0.3, -0.25) is 14.3 Å². The number of rotatable bonds is 7. The van der Waals surface area contributed by atoms with Crippen molar-refractivity contribution in [1.82, 2.24) is 14.9 Å². The summed E-state index contributed by atoms with van der Waals surface area (Å²) < 4.78 is 12.9. The fraction of sp³-hybridized carbons (Fsp3) is 0.292. The summed E-state index contributed by atoms with van der Waals surface area (Å²) in [5.41, 5.74) is 1.25. The lowest BCUT2D eigenvalue weighted by Crippen LogP contribution is -2.39. The third kappa shape index (κ3) is 5.90. The summed E-state index contributed by atoms with van der Waals surface area (Å²) in [6.07, 6.45) is -0.371. The average molecular weight is 483 g/mol. The molecule has 0 amide bonds. The number of aryl methyl sites for hydroxylation is 1. The van der Waals surface area contributed by atoms with Crippen LogP contribution in [-0.2, 0) is 11.3 Å². The normalized spacial score (nSPS) is 19.5. The predicted octanol–water partition coefficient (Wildman–Crippen LogP) is 2.06. The van der Waals surface area contributed by atoms with Crippen LogP contribution >= 0.6 is 12.2 Å². The standard InChI is InChI=1S/C24H26N4O5S/c1-15-13-28(24(31)27-22(15)30)21-11-19(29)20(33-21)12-25-23(34)26-17-7-9-18(10-8-17)32-14-16-5-3-2-4-6-16/h2-10,13,19-21,29H,11-12,14H2,1H3,(H2,25,26,34)(H,27,30,31)/t19-,20+,21-/m0/s1. The third-order valence-electron chi connectivity index (χ3n) is 5.48. The van der Waals surface area contributed by atoms with Crippen LogP contribution in [0.15, 0.2) is 70.4 Å². The van der Waals surface area contributed by atoms with Crippen molar-refractivity contribution in [3.8, 4) is 5.75 Å². The van der Waals surface area contributed by atoms with Gasteiger partial charge in [-0.05, 0) is 49.0 Å². The topological polar surface area (TPSA) is 118 Å². The molecule has 2 heterocycles. The Morgan fingerprint density at radius 1 is 1.21 bits per heavy atom. The van der Waals surface area contributed by atoms with Crippen LogP contribution in [-0.4, -0.2) is 38.5 Å². The molecule has 0 aliphatic carbocycles. The molecule has 0 unspecified atom stereocenters. The first-order valence-corrected chi connectivity index (χ1v) is 11.3. The van der Waals surface area contributed by atoms with Crippen molar-refractivity contribution in [1.29, 1.82) is 0 Å². The molecule has 0 bridgehead atoms. The van der Waals surface area contributed by atoms with Crippen LogP contribution in [0.5, 0.6) is 5.75 Å². The largest absolute Gasteiger partial charge is 0.489 e. The summed E-state index contributed by atoms with van der Waals surface area (Å²) in [6, 6.07) is 17.3. The number of aromatic nitrogens is 2. The number of benzene rings is 2. The van der Waals surface area contributed by atoms with Crippen LogP contribution in [0.2, 0.25) is 0 Å². The van der Waals surface area contributed by atoms with Crippen molar-refractivity contribution in [2.24, 2.45) is 0 Å². The highest BCUT2D eigenvalue weighted by atomic mass is 32.1. The number of H-pyrrole nitrogens is 1. The molecule has 178 valence electrons. The molecular weight excluding hydrogens is 456 g/mol. The van der Waals surface area contributed by atoms with Crippen molar-refractivity contribution < 1.29 is 14.6 Å². The number of thiocarbonyl (C=S) groups is 1. The number of hydrogen-bond donors (Lipinski definition) is 4. The monoisotopic (exact) mass is 482 g/mol. The van der Waals surface area contributed by atoms with E-state index < -0.39 is 29.7 Å². The Kier molecular flexibility index (Phi) is 7.41. The van der Waals surface area contributed by atoms with Crippen LogP contribution in [0.3, 0.4) is 0 Å². The minimum Gasteiger partial charge on any atom is -0.489 e. The molecule has 4 N–H and O–H groups in total. The van der Waals surface area contributed by atoms with E-state index in [2.05, 4.69) is 15.6 Å². The first-order chi connectivity index (χ1) is 16.4. The van der Waals surface area contributed by atoms with Gasteiger partial charge in [0, 0.05) is 30.4 Å². The van der Waals surface area contributed by atoms with Gasteiger partial charge in [-0.25, -0.2) is 4.79 Å². The van der Waals surface area contributed by atoms with Gasteiger partial charge in [0.15, 0.2) is 5.11 Å². The predicted molar refractivity (Wildman–Crippen MR) is 132 cm³/mol. The lowest BCUT2D eigenvalue weighted by Gasteiger charge is -2.18. The molecule has 1 aromatic heterocycles. The highest BCUT2D eigenvalue weighted by Gasteiger charge is 2.35. The van der Waals surface area contributed by atoms with Gasteiger partial charge >= 0.3 is 5.69 Å².